The van der Waals surface area contributed by atoms with Gasteiger partial charge in [0.1, 0.15) is 5.69 Å². The van der Waals surface area contributed by atoms with Crippen molar-refractivity contribution >= 4 is 5.97 Å². The van der Waals surface area contributed by atoms with Crippen molar-refractivity contribution in [3.8, 4) is 22.8 Å². The minimum atomic E-state index is -1.31. The maximum atomic E-state index is 13.1. The van der Waals surface area contributed by atoms with Crippen LogP contribution in [0.5, 0.6) is 11.5 Å². The summed E-state index contributed by atoms with van der Waals surface area (Å²) in [5.41, 5.74) is 0.130. The van der Waals surface area contributed by atoms with Gasteiger partial charge in [-0.1, -0.05) is 5.16 Å². The van der Waals surface area contributed by atoms with Crippen LogP contribution in [0, 0.1) is 5.82 Å². The Morgan fingerprint density at radius 2 is 2.00 bits per heavy atom. The molecule has 0 aliphatic carbocycles. The number of hydrogen-bond acceptors (Lipinski definition) is 5. The van der Waals surface area contributed by atoms with Crippen LogP contribution in [0.2, 0.25) is 0 Å². The quantitative estimate of drug-likeness (QED) is 0.687. The Morgan fingerprint density at radius 3 is 2.53 bits per heavy atom. The highest BCUT2D eigenvalue weighted by Gasteiger charge is 2.15. The molecule has 3 N–H and O–H groups in total. The monoisotopic (exact) mass is 239 g/mol. The van der Waals surface area contributed by atoms with Crippen LogP contribution in [-0.2, 0) is 0 Å². The number of phenolic OH excluding ortho intramolecular Hbond substituents is 2. The van der Waals surface area contributed by atoms with Gasteiger partial charge in [0.25, 0.3) is 0 Å². The molecule has 6 nitrogen and oxygen atoms in total. The number of hydrogen-bond donors (Lipinski definition) is 3. The van der Waals surface area contributed by atoms with Crippen molar-refractivity contribution in [2.24, 2.45) is 0 Å². The smallest absolute Gasteiger partial charge is 0.374 e. The summed E-state index contributed by atoms with van der Waals surface area (Å²) in [5.74, 6) is -4.31. The maximum Gasteiger partial charge on any atom is 0.374 e. The van der Waals surface area contributed by atoms with Gasteiger partial charge in [-0.2, -0.15) is 0 Å². The lowest BCUT2D eigenvalue weighted by atomic mass is 10.1. The lowest BCUT2D eigenvalue weighted by Crippen LogP contribution is -1.91. The molecule has 0 fully saturated rings. The molecule has 1 aromatic carbocycles. The normalized spacial score (nSPS) is 10.4. The van der Waals surface area contributed by atoms with E-state index < -0.39 is 29.0 Å². The number of aromatic hydroxyl groups is 2. The highest BCUT2D eigenvalue weighted by atomic mass is 19.1. The number of carboxylic acids is 1. The molecule has 17 heavy (non-hydrogen) atoms. The topological polar surface area (TPSA) is 104 Å². The molecule has 0 unspecified atom stereocenters. The maximum absolute atomic E-state index is 13.1. The fourth-order valence-electron chi connectivity index (χ4n) is 1.24. The van der Waals surface area contributed by atoms with E-state index in [1.54, 1.807) is 0 Å². The third kappa shape index (κ3) is 1.89. The van der Waals surface area contributed by atoms with Crippen LogP contribution < -0.4 is 0 Å². The summed E-state index contributed by atoms with van der Waals surface area (Å²) in [6.07, 6.45) is 0. The third-order valence-corrected chi connectivity index (χ3v) is 2.06. The molecule has 0 spiro atoms. The van der Waals surface area contributed by atoms with E-state index in [2.05, 4.69) is 9.68 Å². The van der Waals surface area contributed by atoms with Gasteiger partial charge < -0.3 is 19.8 Å². The summed E-state index contributed by atoms with van der Waals surface area (Å²) in [7, 11) is 0. The van der Waals surface area contributed by atoms with Gasteiger partial charge in [0, 0.05) is 11.6 Å². The van der Waals surface area contributed by atoms with Gasteiger partial charge in [-0.25, -0.2) is 9.18 Å². The first-order chi connectivity index (χ1) is 7.99. The van der Waals surface area contributed by atoms with Crippen molar-refractivity contribution in [2.45, 2.75) is 0 Å². The van der Waals surface area contributed by atoms with E-state index in [9.17, 15) is 14.3 Å². The van der Waals surface area contributed by atoms with E-state index in [4.69, 9.17) is 10.2 Å². The van der Waals surface area contributed by atoms with E-state index in [0.29, 0.717) is 0 Å². The van der Waals surface area contributed by atoms with Crippen molar-refractivity contribution in [3.05, 3.63) is 29.8 Å². The van der Waals surface area contributed by atoms with Crippen molar-refractivity contribution in [1.29, 1.82) is 0 Å². The van der Waals surface area contributed by atoms with E-state index >= 15 is 0 Å². The molecule has 2 aromatic rings. The van der Waals surface area contributed by atoms with Crippen LogP contribution in [0.3, 0.4) is 0 Å². The molecule has 0 saturated heterocycles. The summed E-state index contributed by atoms with van der Waals surface area (Å²) in [4.78, 5) is 10.5. The summed E-state index contributed by atoms with van der Waals surface area (Å²) in [6, 6.07) is 3.02. The second kappa shape index (κ2) is 3.78. The molecule has 0 saturated carbocycles. The lowest BCUT2D eigenvalue weighted by Gasteiger charge is -2.01. The number of aromatic carboxylic acids is 1. The van der Waals surface area contributed by atoms with E-state index in [1.807, 2.05) is 0 Å². The molecule has 0 radical (unpaired) electrons. The summed E-state index contributed by atoms with van der Waals surface area (Å²) >= 11 is 0. The van der Waals surface area contributed by atoms with Crippen LogP contribution in [0.4, 0.5) is 4.39 Å². The average Bonchev–Trinajstić information content (AvgIpc) is 2.74. The SMILES string of the molecule is O=C(O)c1cc(-c2cc(O)c(O)c(F)c2)no1. The molecule has 0 atom stereocenters. The molecule has 1 aromatic heterocycles. The third-order valence-electron chi connectivity index (χ3n) is 2.06. The minimum absolute atomic E-state index is 0.0385. The van der Waals surface area contributed by atoms with Gasteiger partial charge in [-0.05, 0) is 12.1 Å². The Labute approximate surface area is 93.5 Å². The molecule has 88 valence electrons. The molecular formula is C10H6FNO5. The Kier molecular flexibility index (Phi) is 2.43. The first-order valence-electron chi connectivity index (χ1n) is 4.41. The minimum Gasteiger partial charge on any atom is -0.504 e. The molecule has 1 heterocycles. The second-order valence-electron chi connectivity index (χ2n) is 3.21. The average molecular weight is 239 g/mol. The molecule has 0 aliphatic heterocycles. The second-order valence-corrected chi connectivity index (χ2v) is 3.21. The number of carbonyl (C=O) groups is 1. The first kappa shape index (κ1) is 10.9. The predicted octanol–water partition coefficient (Wildman–Crippen LogP) is 1.59. The summed E-state index contributed by atoms with van der Waals surface area (Å²) in [5, 5.41) is 30.2. The molecule has 7 heteroatoms. The zero-order chi connectivity index (χ0) is 12.6. The van der Waals surface area contributed by atoms with Crippen molar-refractivity contribution in [3.63, 3.8) is 0 Å². The van der Waals surface area contributed by atoms with Gasteiger partial charge in [-0.15, -0.1) is 0 Å². The van der Waals surface area contributed by atoms with Crippen LogP contribution in [-0.4, -0.2) is 26.4 Å². The van der Waals surface area contributed by atoms with Crippen molar-refractivity contribution in [1.82, 2.24) is 5.16 Å². The molecule has 0 aliphatic rings. The Bertz CT molecular complexity index is 569. The zero-order valence-corrected chi connectivity index (χ0v) is 8.22. The number of halogens is 1. The zero-order valence-electron chi connectivity index (χ0n) is 8.22. The predicted molar refractivity (Wildman–Crippen MR) is 52.2 cm³/mol. The number of nitrogens with zero attached hydrogens (tertiary/aromatic N) is 1. The highest BCUT2D eigenvalue weighted by Crippen LogP contribution is 2.33. The van der Waals surface area contributed by atoms with E-state index in [0.717, 1.165) is 18.2 Å². The number of benzene rings is 1. The number of aromatic nitrogens is 1. The number of rotatable bonds is 2. The standard InChI is InChI=1S/C10H6FNO5/c11-5-1-4(2-7(13)9(5)14)6-3-8(10(15)16)17-12-6/h1-3,13-14H,(H,15,16). The highest BCUT2D eigenvalue weighted by molar-refractivity contribution is 5.85. The van der Waals surface area contributed by atoms with E-state index in [-0.39, 0.29) is 11.3 Å². The Morgan fingerprint density at radius 1 is 1.29 bits per heavy atom. The molecule has 0 bridgehead atoms. The van der Waals surface area contributed by atoms with Crippen molar-refractivity contribution in [2.75, 3.05) is 0 Å². The first-order valence-corrected chi connectivity index (χ1v) is 4.41. The van der Waals surface area contributed by atoms with Crippen LogP contribution in [0.25, 0.3) is 11.3 Å². The van der Waals surface area contributed by atoms with Crippen LogP contribution in [0.15, 0.2) is 22.7 Å². The fraction of sp³-hybridized carbons (Fsp3) is 0. The molecule has 0 amide bonds. The largest absolute Gasteiger partial charge is 0.504 e. The van der Waals surface area contributed by atoms with Crippen molar-refractivity contribution < 1.29 is 29.0 Å². The molecular weight excluding hydrogens is 233 g/mol. The summed E-state index contributed by atoms with van der Waals surface area (Å²) in [6.45, 7) is 0. The Balaban J connectivity index is 2.49. The fourth-order valence-corrected chi connectivity index (χ4v) is 1.24. The summed E-state index contributed by atoms with van der Waals surface area (Å²) < 4.78 is 17.6. The van der Waals surface area contributed by atoms with Gasteiger partial charge in [0.15, 0.2) is 17.3 Å². The van der Waals surface area contributed by atoms with Crippen LogP contribution in [0.1, 0.15) is 10.6 Å². The molecule has 2 rings (SSSR count). The van der Waals surface area contributed by atoms with Gasteiger partial charge in [0.2, 0.25) is 5.76 Å². The van der Waals surface area contributed by atoms with Gasteiger partial charge in [0.05, 0.1) is 0 Å². The number of phenols is 2. The number of carboxylic acid groups (broad SMARTS) is 1. The lowest BCUT2D eigenvalue weighted by molar-refractivity contribution is 0.0652. The van der Waals surface area contributed by atoms with Crippen LogP contribution >= 0.6 is 0 Å². The van der Waals surface area contributed by atoms with Gasteiger partial charge in [-0.3, -0.25) is 0 Å². The van der Waals surface area contributed by atoms with Gasteiger partial charge >= 0.3 is 5.97 Å². The Hall–Kier alpha value is -2.57. The van der Waals surface area contributed by atoms with E-state index in [1.165, 1.54) is 0 Å².